The summed E-state index contributed by atoms with van der Waals surface area (Å²) in [5, 5.41) is 3.20. The molecule has 0 amide bonds. The molecule has 1 aromatic carbocycles. The van der Waals surface area contributed by atoms with E-state index < -0.39 is 0 Å². The van der Waals surface area contributed by atoms with Gasteiger partial charge in [-0.3, -0.25) is 0 Å². The summed E-state index contributed by atoms with van der Waals surface area (Å²) in [7, 11) is 1.72. The van der Waals surface area contributed by atoms with Gasteiger partial charge in [0.15, 0.2) is 0 Å². The Kier molecular flexibility index (Phi) is 5.48. The third kappa shape index (κ3) is 3.63. The average molecular weight is 270 g/mol. The van der Waals surface area contributed by atoms with E-state index in [2.05, 4.69) is 51.2 Å². The van der Waals surface area contributed by atoms with E-state index in [9.17, 15) is 0 Å². The van der Waals surface area contributed by atoms with Crippen molar-refractivity contribution >= 4 is 11.6 Å². The number of ether oxygens (including phenoxy) is 1. The molecule has 0 fully saturated rings. The summed E-state index contributed by atoms with van der Waals surface area (Å²) in [5.41, 5.74) is 2.56. The zero-order valence-electron chi connectivity index (χ0n) is 12.0. The van der Waals surface area contributed by atoms with Crippen LogP contribution in [0.25, 0.3) is 0 Å². The second kappa shape index (κ2) is 6.44. The van der Waals surface area contributed by atoms with Gasteiger partial charge in [-0.25, -0.2) is 0 Å². The monoisotopic (exact) mass is 269 g/mol. The first kappa shape index (κ1) is 15.3. The third-order valence-corrected chi connectivity index (χ3v) is 3.47. The van der Waals surface area contributed by atoms with E-state index >= 15 is 0 Å². The Balaban J connectivity index is 3.14. The Bertz CT molecular complexity index is 388. The van der Waals surface area contributed by atoms with Crippen LogP contribution in [0.3, 0.4) is 0 Å². The Hall–Kier alpha value is -0.730. The zero-order valence-corrected chi connectivity index (χ0v) is 12.8. The summed E-state index contributed by atoms with van der Waals surface area (Å²) in [6, 6.07) is 6.92. The highest BCUT2D eigenvalue weighted by Crippen LogP contribution is 2.33. The molecule has 1 aromatic rings. The minimum atomic E-state index is -0.00880. The SMILES string of the molecule is COc1ccc(C(C)C)cc1C(C)(C)CNCCl. The van der Waals surface area contributed by atoms with Gasteiger partial charge in [0, 0.05) is 17.5 Å². The highest BCUT2D eigenvalue weighted by Gasteiger charge is 2.24. The fourth-order valence-electron chi connectivity index (χ4n) is 2.07. The molecule has 0 saturated heterocycles. The van der Waals surface area contributed by atoms with Crippen molar-refractivity contribution < 1.29 is 4.74 Å². The van der Waals surface area contributed by atoms with Gasteiger partial charge in [-0.1, -0.05) is 39.8 Å². The van der Waals surface area contributed by atoms with Gasteiger partial charge in [0.25, 0.3) is 0 Å². The first-order chi connectivity index (χ1) is 8.42. The highest BCUT2D eigenvalue weighted by molar-refractivity contribution is 6.17. The van der Waals surface area contributed by atoms with E-state index in [0.29, 0.717) is 11.9 Å². The van der Waals surface area contributed by atoms with Gasteiger partial charge in [-0.2, -0.15) is 0 Å². The molecule has 0 aliphatic heterocycles. The quantitative estimate of drug-likeness (QED) is 0.625. The first-order valence-corrected chi connectivity index (χ1v) is 6.91. The van der Waals surface area contributed by atoms with E-state index in [0.717, 1.165) is 12.3 Å². The van der Waals surface area contributed by atoms with Gasteiger partial charge in [0.05, 0.1) is 13.1 Å². The van der Waals surface area contributed by atoms with E-state index in [-0.39, 0.29) is 5.41 Å². The van der Waals surface area contributed by atoms with Crippen LogP contribution in [0.5, 0.6) is 5.75 Å². The van der Waals surface area contributed by atoms with Crippen LogP contribution in [0.2, 0.25) is 0 Å². The van der Waals surface area contributed by atoms with Crippen LogP contribution >= 0.6 is 11.6 Å². The number of alkyl halides is 1. The number of halogens is 1. The summed E-state index contributed by atoms with van der Waals surface area (Å²) >= 11 is 5.71. The van der Waals surface area contributed by atoms with E-state index in [1.165, 1.54) is 11.1 Å². The molecule has 1 rings (SSSR count). The summed E-state index contributed by atoms with van der Waals surface area (Å²) in [5.74, 6) is 1.47. The molecule has 0 heterocycles. The van der Waals surface area contributed by atoms with Crippen molar-refractivity contribution in [3.8, 4) is 5.75 Å². The van der Waals surface area contributed by atoms with Crippen molar-refractivity contribution in [2.75, 3.05) is 19.7 Å². The lowest BCUT2D eigenvalue weighted by Gasteiger charge is -2.28. The van der Waals surface area contributed by atoms with Crippen LogP contribution in [0.15, 0.2) is 18.2 Å². The smallest absolute Gasteiger partial charge is 0.122 e. The molecule has 0 aliphatic carbocycles. The number of nitrogens with one attached hydrogen (secondary N) is 1. The van der Waals surface area contributed by atoms with Crippen molar-refractivity contribution in [3.05, 3.63) is 29.3 Å². The van der Waals surface area contributed by atoms with Gasteiger partial charge >= 0.3 is 0 Å². The van der Waals surface area contributed by atoms with Crippen molar-refractivity contribution in [3.63, 3.8) is 0 Å². The maximum absolute atomic E-state index is 5.71. The Morgan fingerprint density at radius 3 is 2.50 bits per heavy atom. The van der Waals surface area contributed by atoms with Crippen molar-refractivity contribution in [2.45, 2.75) is 39.0 Å². The minimum absolute atomic E-state index is 0.00880. The van der Waals surface area contributed by atoms with Crippen LogP contribution < -0.4 is 10.1 Å². The fraction of sp³-hybridized carbons (Fsp3) is 0.600. The topological polar surface area (TPSA) is 21.3 Å². The number of benzene rings is 1. The van der Waals surface area contributed by atoms with Crippen LogP contribution in [0.1, 0.15) is 44.7 Å². The van der Waals surface area contributed by atoms with Crippen LogP contribution in [0.4, 0.5) is 0 Å². The van der Waals surface area contributed by atoms with Gasteiger partial charge in [-0.05, 0) is 17.5 Å². The number of methoxy groups -OCH3 is 1. The van der Waals surface area contributed by atoms with Gasteiger partial charge in [0.1, 0.15) is 5.75 Å². The Morgan fingerprint density at radius 1 is 1.33 bits per heavy atom. The highest BCUT2D eigenvalue weighted by atomic mass is 35.5. The van der Waals surface area contributed by atoms with E-state index in [1.54, 1.807) is 7.11 Å². The molecule has 0 bridgehead atoms. The molecular formula is C15H24ClNO. The molecular weight excluding hydrogens is 246 g/mol. The standard InChI is InChI=1S/C15H24ClNO/c1-11(2)12-6-7-14(18-5)13(8-12)15(3,4)9-17-10-16/h6-8,11,17H,9-10H2,1-5H3. The number of hydrogen-bond donors (Lipinski definition) is 1. The van der Waals surface area contributed by atoms with Crippen LogP contribution in [-0.4, -0.2) is 19.7 Å². The number of rotatable bonds is 6. The molecule has 2 nitrogen and oxygen atoms in total. The maximum atomic E-state index is 5.71. The maximum Gasteiger partial charge on any atom is 0.122 e. The molecule has 0 unspecified atom stereocenters. The average Bonchev–Trinajstić information content (AvgIpc) is 2.35. The van der Waals surface area contributed by atoms with Crippen LogP contribution in [-0.2, 0) is 5.41 Å². The predicted molar refractivity (Wildman–Crippen MR) is 78.8 cm³/mol. The van der Waals surface area contributed by atoms with Gasteiger partial charge in [-0.15, -0.1) is 11.6 Å². The zero-order chi connectivity index (χ0) is 13.8. The molecule has 0 atom stereocenters. The normalized spacial score (nSPS) is 11.9. The molecule has 0 spiro atoms. The molecule has 18 heavy (non-hydrogen) atoms. The summed E-state index contributed by atoms with van der Waals surface area (Å²) in [4.78, 5) is 0. The first-order valence-electron chi connectivity index (χ1n) is 6.37. The van der Waals surface area contributed by atoms with Gasteiger partial charge in [0.2, 0.25) is 0 Å². The van der Waals surface area contributed by atoms with Crippen molar-refractivity contribution in [1.29, 1.82) is 0 Å². The van der Waals surface area contributed by atoms with E-state index in [4.69, 9.17) is 16.3 Å². The summed E-state index contributed by atoms with van der Waals surface area (Å²) < 4.78 is 5.49. The lowest BCUT2D eigenvalue weighted by molar-refractivity contribution is 0.388. The Morgan fingerprint density at radius 2 is 2.00 bits per heavy atom. The second-order valence-electron chi connectivity index (χ2n) is 5.56. The van der Waals surface area contributed by atoms with Crippen molar-refractivity contribution in [1.82, 2.24) is 5.32 Å². The molecule has 0 saturated carbocycles. The second-order valence-corrected chi connectivity index (χ2v) is 5.83. The van der Waals surface area contributed by atoms with Crippen molar-refractivity contribution in [2.24, 2.45) is 0 Å². The molecule has 0 aromatic heterocycles. The molecule has 1 N–H and O–H groups in total. The lowest BCUT2D eigenvalue weighted by Crippen LogP contribution is -2.32. The number of hydrogen-bond acceptors (Lipinski definition) is 2. The Labute approximate surface area is 116 Å². The molecule has 102 valence electrons. The van der Waals surface area contributed by atoms with E-state index in [1.807, 2.05) is 0 Å². The molecule has 0 radical (unpaired) electrons. The van der Waals surface area contributed by atoms with Gasteiger partial charge < -0.3 is 10.1 Å². The minimum Gasteiger partial charge on any atom is -0.496 e. The largest absolute Gasteiger partial charge is 0.496 e. The molecule has 3 heteroatoms. The third-order valence-electron chi connectivity index (χ3n) is 3.28. The predicted octanol–water partition coefficient (Wildman–Crippen LogP) is 3.88. The summed E-state index contributed by atoms with van der Waals surface area (Å²) in [6.45, 7) is 9.64. The summed E-state index contributed by atoms with van der Waals surface area (Å²) in [6.07, 6.45) is 0. The lowest BCUT2D eigenvalue weighted by atomic mass is 9.82. The fourth-order valence-corrected chi connectivity index (χ4v) is 2.16. The van der Waals surface area contributed by atoms with Crippen LogP contribution in [0, 0.1) is 0 Å². The molecule has 0 aliphatic rings.